The summed E-state index contributed by atoms with van der Waals surface area (Å²) in [5.74, 6) is 0.158. The number of ether oxygens (including phenoxy) is 1. The van der Waals surface area contributed by atoms with Gasteiger partial charge in [-0.05, 0) is 42.7 Å². The normalized spacial score (nSPS) is 16.3. The second-order valence-electron chi connectivity index (χ2n) is 6.24. The molecule has 0 spiro atoms. The molecule has 6 nitrogen and oxygen atoms in total. The SMILES string of the molecule is COc1cccc(CNC(=O)C2CCCN2C(=O)c2ccccc2O)c1. The van der Waals surface area contributed by atoms with Crippen LogP contribution in [0.3, 0.4) is 0 Å². The standard InChI is InChI=1S/C20H22N2O4/c1-26-15-7-4-6-14(12-15)13-21-19(24)17-9-5-11-22(17)20(25)16-8-2-3-10-18(16)23/h2-4,6-8,10,12,17,23H,5,9,11,13H2,1H3,(H,21,24). The van der Waals surface area contributed by atoms with Gasteiger partial charge >= 0.3 is 0 Å². The van der Waals surface area contributed by atoms with E-state index in [1.807, 2.05) is 24.3 Å². The summed E-state index contributed by atoms with van der Waals surface area (Å²) in [4.78, 5) is 26.9. The van der Waals surface area contributed by atoms with Gasteiger partial charge < -0.3 is 20.1 Å². The molecular formula is C20H22N2O4. The van der Waals surface area contributed by atoms with Gasteiger partial charge in [0.25, 0.3) is 5.91 Å². The van der Waals surface area contributed by atoms with Gasteiger partial charge in [0.05, 0.1) is 12.7 Å². The lowest BCUT2D eigenvalue weighted by Crippen LogP contribution is -2.45. The number of benzene rings is 2. The van der Waals surface area contributed by atoms with Crippen LogP contribution >= 0.6 is 0 Å². The number of hydrogen-bond donors (Lipinski definition) is 2. The summed E-state index contributed by atoms with van der Waals surface area (Å²) in [6.07, 6.45) is 1.37. The van der Waals surface area contributed by atoms with Gasteiger partial charge in [-0.15, -0.1) is 0 Å². The van der Waals surface area contributed by atoms with Crippen LogP contribution in [0.25, 0.3) is 0 Å². The third-order valence-corrected chi connectivity index (χ3v) is 4.55. The lowest BCUT2D eigenvalue weighted by molar-refractivity contribution is -0.125. The van der Waals surface area contributed by atoms with Crippen molar-refractivity contribution in [3.63, 3.8) is 0 Å². The molecule has 0 radical (unpaired) electrons. The first-order valence-corrected chi connectivity index (χ1v) is 8.60. The van der Waals surface area contributed by atoms with Crippen molar-refractivity contribution in [3.8, 4) is 11.5 Å². The Morgan fingerprint density at radius 1 is 1.23 bits per heavy atom. The lowest BCUT2D eigenvalue weighted by Gasteiger charge is -2.24. The quantitative estimate of drug-likeness (QED) is 0.864. The average Bonchev–Trinajstić information content (AvgIpc) is 3.16. The van der Waals surface area contributed by atoms with Crippen molar-refractivity contribution >= 4 is 11.8 Å². The number of phenolic OH excluding ortho intramolecular Hbond substituents is 1. The largest absolute Gasteiger partial charge is 0.507 e. The minimum atomic E-state index is -0.521. The molecule has 2 aromatic carbocycles. The van der Waals surface area contributed by atoms with Crippen LogP contribution in [0.5, 0.6) is 11.5 Å². The number of rotatable bonds is 5. The van der Waals surface area contributed by atoms with Crippen molar-refractivity contribution < 1.29 is 19.4 Å². The van der Waals surface area contributed by atoms with Crippen molar-refractivity contribution in [2.45, 2.75) is 25.4 Å². The molecule has 26 heavy (non-hydrogen) atoms. The number of aromatic hydroxyl groups is 1. The fourth-order valence-electron chi connectivity index (χ4n) is 3.18. The summed E-state index contributed by atoms with van der Waals surface area (Å²) in [6, 6.07) is 13.4. The number of amides is 2. The smallest absolute Gasteiger partial charge is 0.258 e. The molecule has 2 amide bonds. The van der Waals surface area contributed by atoms with E-state index in [2.05, 4.69) is 5.32 Å². The van der Waals surface area contributed by atoms with Crippen LogP contribution in [-0.4, -0.2) is 41.5 Å². The minimum Gasteiger partial charge on any atom is -0.507 e. The number of carbonyl (C=O) groups excluding carboxylic acids is 2. The van der Waals surface area contributed by atoms with Crippen molar-refractivity contribution in [1.82, 2.24) is 10.2 Å². The molecule has 1 aliphatic heterocycles. The predicted octanol–water partition coefficient (Wildman–Crippen LogP) is 2.32. The summed E-state index contributed by atoms with van der Waals surface area (Å²) in [5, 5.41) is 12.8. The van der Waals surface area contributed by atoms with E-state index in [1.165, 1.54) is 11.0 Å². The second kappa shape index (κ2) is 7.91. The summed E-state index contributed by atoms with van der Waals surface area (Å²) in [5.41, 5.74) is 1.15. The molecule has 0 bridgehead atoms. The van der Waals surface area contributed by atoms with Gasteiger partial charge in [0, 0.05) is 13.1 Å². The Morgan fingerprint density at radius 2 is 2.04 bits per heavy atom. The number of hydrogen-bond acceptors (Lipinski definition) is 4. The maximum absolute atomic E-state index is 12.7. The maximum atomic E-state index is 12.7. The molecular weight excluding hydrogens is 332 g/mol. The number of nitrogens with zero attached hydrogens (tertiary/aromatic N) is 1. The highest BCUT2D eigenvalue weighted by molar-refractivity contribution is 5.99. The van der Waals surface area contributed by atoms with Crippen LogP contribution in [0.1, 0.15) is 28.8 Å². The van der Waals surface area contributed by atoms with Gasteiger partial charge in [0.15, 0.2) is 0 Å². The Balaban J connectivity index is 1.66. The molecule has 3 rings (SSSR count). The van der Waals surface area contributed by atoms with Crippen molar-refractivity contribution in [2.75, 3.05) is 13.7 Å². The van der Waals surface area contributed by atoms with E-state index in [4.69, 9.17) is 4.74 Å². The number of likely N-dealkylation sites (tertiary alicyclic amines) is 1. The molecule has 1 heterocycles. The van der Waals surface area contributed by atoms with E-state index in [1.54, 1.807) is 25.3 Å². The Morgan fingerprint density at radius 3 is 2.81 bits per heavy atom. The number of methoxy groups -OCH3 is 1. The summed E-state index contributed by atoms with van der Waals surface area (Å²) >= 11 is 0. The van der Waals surface area contributed by atoms with E-state index in [9.17, 15) is 14.7 Å². The Bertz CT molecular complexity index is 806. The third-order valence-electron chi connectivity index (χ3n) is 4.55. The molecule has 2 N–H and O–H groups in total. The zero-order chi connectivity index (χ0) is 18.5. The highest BCUT2D eigenvalue weighted by atomic mass is 16.5. The van der Waals surface area contributed by atoms with E-state index in [0.717, 1.165) is 17.7 Å². The van der Waals surface area contributed by atoms with E-state index >= 15 is 0 Å². The molecule has 0 aromatic heterocycles. The highest BCUT2D eigenvalue weighted by Crippen LogP contribution is 2.24. The number of phenols is 1. The van der Waals surface area contributed by atoms with Gasteiger partial charge in [-0.2, -0.15) is 0 Å². The van der Waals surface area contributed by atoms with Crippen LogP contribution in [0.4, 0.5) is 0 Å². The molecule has 136 valence electrons. The Labute approximate surface area is 152 Å². The summed E-state index contributed by atoms with van der Waals surface area (Å²) < 4.78 is 5.18. The summed E-state index contributed by atoms with van der Waals surface area (Å²) in [6.45, 7) is 0.871. The monoisotopic (exact) mass is 354 g/mol. The van der Waals surface area contributed by atoms with Crippen molar-refractivity contribution in [1.29, 1.82) is 0 Å². The zero-order valence-electron chi connectivity index (χ0n) is 14.6. The second-order valence-corrected chi connectivity index (χ2v) is 6.24. The molecule has 1 aliphatic rings. The minimum absolute atomic E-state index is 0.0695. The average molecular weight is 354 g/mol. The fraction of sp³-hybridized carbons (Fsp3) is 0.300. The fourth-order valence-corrected chi connectivity index (χ4v) is 3.18. The Kier molecular flexibility index (Phi) is 5.41. The molecule has 0 aliphatic carbocycles. The highest BCUT2D eigenvalue weighted by Gasteiger charge is 2.35. The molecule has 6 heteroatoms. The number of nitrogens with one attached hydrogen (secondary N) is 1. The zero-order valence-corrected chi connectivity index (χ0v) is 14.6. The van der Waals surface area contributed by atoms with E-state index in [0.29, 0.717) is 19.5 Å². The summed E-state index contributed by atoms with van der Waals surface area (Å²) in [7, 11) is 1.60. The molecule has 1 saturated heterocycles. The molecule has 1 fully saturated rings. The van der Waals surface area contributed by atoms with Gasteiger partial charge in [0.2, 0.25) is 5.91 Å². The lowest BCUT2D eigenvalue weighted by atomic mass is 10.1. The molecule has 1 atom stereocenters. The van der Waals surface area contributed by atoms with Crippen LogP contribution in [0.15, 0.2) is 48.5 Å². The van der Waals surface area contributed by atoms with Crippen LogP contribution in [-0.2, 0) is 11.3 Å². The Hall–Kier alpha value is -3.02. The molecule has 1 unspecified atom stereocenters. The molecule has 0 saturated carbocycles. The first-order valence-electron chi connectivity index (χ1n) is 8.60. The van der Waals surface area contributed by atoms with Gasteiger partial charge in [-0.25, -0.2) is 0 Å². The number of para-hydroxylation sites is 1. The van der Waals surface area contributed by atoms with E-state index < -0.39 is 6.04 Å². The first-order chi connectivity index (χ1) is 12.6. The van der Waals surface area contributed by atoms with Gasteiger partial charge in [-0.3, -0.25) is 9.59 Å². The predicted molar refractivity (Wildman–Crippen MR) is 97.0 cm³/mol. The van der Waals surface area contributed by atoms with Crippen molar-refractivity contribution in [2.24, 2.45) is 0 Å². The van der Waals surface area contributed by atoms with Crippen LogP contribution in [0, 0.1) is 0 Å². The number of carbonyl (C=O) groups is 2. The topological polar surface area (TPSA) is 78.9 Å². The van der Waals surface area contributed by atoms with E-state index in [-0.39, 0.29) is 23.1 Å². The third kappa shape index (κ3) is 3.79. The first kappa shape index (κ1) is 17.8. The maximum Gasteiger partial charge on any atom is 0.258 e. The molecule has 2 aromatic rings. The van der Waals surface area contributed by atoms with Crippen LogP contribution < -0.4 is 10.1 Å². The van der Waals surface area contributed by atoms with Gasteiger partial charge in [0.1, 0.15) is 17.5 Å². The van der Waals surface area contributed by atoms with Crippen LogP contribution in [0.2, 0.25) is 0 Å². The van der Waals surface area contributed by atoms with Gasteiger partial charge in [-0.1, -0.05) is 24.3 Å². The van der Waals surface area contributed by atoms with Crippen molar-refractivity contribution in [3.05, 3.63) is 59.7 Å².